The first-order valence-electron chi connectivity index (χ1n) is 8.35. The minimum Gasteiger partial charge on any atom is -0.447 e. The number of hydrogen-bond acceptors (Lipinski definition) is 6. The number of carbonyl (C=O) groups is 1. The molecule has 0 aromatic rings. The molecule has 23 heavy (non-hydrogen) atoms. The van der Waals surface area contributed by atoms with Crippen molar-refractivity contribution < 1.29 is 28.5 Å². The van der Waals surface area contributed by atoms with Crippen molar-refractivity contribution in [2.75, 3.05) is 26.8 Å². The molecule has 0 aliphatic carbocycles. The maximum atomic E-state index is 12.2. The van der Waals surface area contributed by atoms with E-state index in [4.69, 9.17) is 23.7 Å². The highest BCUT2D eigenvalue weighted by Gasteiger charge is 2.55. The molecule has 0 aromatic carbocycles. The number of methoxy groups -OCH3 is 1. The molecule has 3 fully saturated rings. The minimum atomic E-state index is -0.679. The number of carbonyl (C=O) groups excluding carboxylic acids is 1. The number of nitrogens with zero attached hydrogens (tertiary/aromatic N) is 1. The van der Waals surface area contributed by atoms with E-state index >= 15 is 0 Å². The van der Waals surface area contributed by atoms with Gasteiger partial charge in [0.2, 0.25) is 0 Å². The summed E-state index contributed by atoms with van der Waals surface area (Å²) in [6.45, 7) is 7.58. The first kappa shape index (κ1) is 17.0. The van der Waals surface area contributed by atoms with Crippen LogP contribution in [0.3, 0.4) is 0 Å². The zero-order valence-electron chi connectivity index (χ0n) is 14.3. The molecular weight excluding hydrogens is 302 g/mol. The molecule has 0 N–H and O–H groups in total. The normalized spacial score (nSPS) is 37.0. The Morgan fingerprint density at radius 3 is 2.52 bits per heavy atom. The Morgan fingerprint density at radius 1 is 1.22 bits per heavy atom. The number of fused-ring (bicyclic) bond motifs is 1. The number of likely N-dealkylation sites (tertiary alicyclic amines) is 1. The quantitative estimate of drug-likeness (QED) is 0.786. The third-order valence-corrected chi connectivity index (χ3v) is 4.75. The summed E-state index contributed by atoms with van der Waals surface area (Å²) in [5.41, 5.74) is 0. The van der Waals surface area contributed by atoms with E-state index in [0.717, 1.165) is 25.9 Å². The predicted octanol–water partition coefficient (Wildman–Crippen LogP) is 1.75. The van der Waals surface area contributed by atoms with Gasteiger partial charge in [0.05, 0.1) is 0 Å². The highest BCUT2D eigenvalue weighted by molar-refractivity contribution is 5.67. The lowest BCUT2D eigenvalue weighted by atomic mass is 10.00. The number of piperidine rings is 1. The number of ether oxygens (including phenoxy) is 5. The molecule has 3 saturated heterocycles. The maximum Gasteiger partial charge on any atom is 0.409 e. The third kappa shape index (κ3) is 3.63. The van der Waals surface area contributed by atoms with Gasteiger partial charge in [-0.1, -0.05) is 6.92 Å². The summed E-state index contributed by atoms with van der Waals surface area (Å²) in [6.07, 6.45) is 0.309. The van der Waals surface area contributed by atoms with Crippen LogP contribution in [0, 0.1) is 5.92 Å². The Morgan fingerprint density at radius 2 is 1.87 bits per heavy atom. The van der Waals surface area contributed by atoms with Crippen LogP contribution >= 0.6 is 0 Å². The summed E-state index contributed by atoms with van der Waals surface area (Å²) < 4.78 is 28.2. The molecule has 3 rings (SSSR count). The lowest BCUT2D eigenvalue weighted by Crippen LogP contribution is -2.40. The van der Waals surface area contributed by atoms with Gasteiger partial charge in [-0.25, -0.2) is 4.79 Å². The molecule has 3 aliphatic rings. The Balaban J connectivity index is 1.53. The van der Waals surface area contributed by atoms with Crippen LogP contribution in [0.5, 0.6) is 0 Å². The first-order valence-corrected chi connectivity index (χ1v) is 8.35. The monoisotopic (exact) mass is 329 g/mol. The molecule has 7 nitrogen and oxygen atoms in total. The average molecular weight is 329 g/mol. The van der Waals surface area contributed by atoms with Gasteiger partial charge in [-0.15, -0.1) is 0 Å². The molecule has 3 aliphatic heterocycles. The summed E-state index contributed by atoms with van der Waals surface area (Å²) in [7, 11) is 1.57. The molecule has 132 valence electrons. The van der Waals surface area contributed by atoms with Crippen molar-refractivity contribution in [3.05, 3.63) is 0 Å². The SMILES string of the molecule is CO[C@@H]1O[C@H](COC(=O)N2CCC(C)CC2)[C@H]2OC(C)(C)O[C@@H]12. The second-order valence-corrected chi connectivity index (χ2v) is 7.09. The van der Waals surface area contributed by atoms with Crippen LogP contribution in [0.15, 0.2) is 0 Å². The predicted molar refractivity (Wildman–Crippen MR) is 80.8 cm³/mol. The van der Waals surface area contributed by atoms with Gasteiger partial charge in [0.25, 0.3) is 0 Å². The zero-order valence-corrected chi connectivity index (χ0v) is 14.3. The van der Waals surface area contributed by atoms with E-state index < -0.39 is 12.1 Å². The van der Waals surface area contributed by atoms with Crippen LogP contribution in [-0.2, 0) is 23.7 Å². The molecule has 4 atom stereocenters. The van der Waals surface area contributed by atoms with Gasteiger partial charge in [0.1, 0.15) is 24.9 Å². The molecule has 0 unspecified atom stereocenters. The molecule has 3 heterocycles. The Kier molecular flexibility index (Phi) is 4.83. The van der Waals surface area contributed by atoms with E-state index in [2.05, 4.69) is 6.92 Å². The molecule has 0 saturated carbocycles. The summed E-state index contributed by atoms with van der Waals surface area (Å²) in [5, 5.41) is 0. The Labute approximate surface area is 137 Å². The van der Waals surface area contributed by atoms with Crippen LogP contribution in [0.1, 0.15) is 33.6 Å². The second-order valence-electron chi connectivity index (χ2n) is 7.09. The highest BCUT2D eigenvalue weighted by atomic mass is 16.8. The van der Waals surface area contributed by atoms with E-state index in [1.807, 2.05) is 13.8 Å². The first-order chi connectivity index (χ1) is 10.9. The third-order valence-electron chi connectivity index (χ3n) is 4.75. The van der Waals surface area contributed by atoms with Gasteiger partial charge in [-0.2, -0.15) is 0 Å². The van der Waals surface area contributed by atoms with Gasteiger partial charge >= 0.3 is 6.09 Å². The fourth-order valence-corrected chi connectivity index (χ4v) is 3.40. The number of hydrogen-bond donors (Lipinski definition) is 0. The van der Waals surface area contributed by atoms with Crippen LogP contribution in [0.25, 0.3) is 0 Å². The van der Waals surface area contributed by atoms with Gasteiger partial charge in [-0.05, 0) is 32.6 Å². The fraction of sp³-hybridized carbons (Fsp3) is 0.938. The largest absolute Gasteiger partial charge is 0.447 e. The molecular formula is C16H27NO6. The Hall–Kier alpha value is -0.890. The van der Waals surface area contributed by atoms with E-state index in [9.17, 15) is 4.79 Å². The fourth-order valence-electron chi connectivity index (χ4n) is 3.40. The van der Waals surface area contributed by atoms with Crippen molar-refractivity contribution in [3.8, 4) is 0 Å². The smallest absolute Gasteiger partial charge is 0.409 e. The van der Waals surface area contributed by atoms with Gasteiger partial charge < -0.3 is 28.6 Å². The van der Waals surface area contributed by atoms with Crippen LogP contribution in [-0.4, -0.2) is 68.2 Å². The topological polar surface area (TPSA) is 66.5 Å². The van der Waals surface area contributed by atoms with E-state index in [1.54, 1.807) is 12.0 Å². The zero-order chi connectivity index (χ0) is 16.6. The second kappa shape index (κ2) is 6.55. The van der Waals surface area contributed by atoms with Crippen LogP contribution in [0.4, 0.5) is 4.79 Å². The van der Waals surface area contributed by atoms with E-state index in [0.29, 0.717) is 5.92 Å². The summed E-state index contributed by atoms with van der Waals surface area (Å²) in [6, 6.07) is 0. The number of amides is 1. The van der Waals surface area contributed by atoms with E-state index in [-0.39, 0.29) is 31.0 Å². The molecule has 7 heteroatoms. The molecule has 0 bridgehead atoms. The minimum absolute atomic E-state index is 0.144. The number of rotatable bonds is 3. The van der Waals surface area contributed by atoms with Crippen LogP contribution < -0.4 is 0 Å². The van der Waals surface area contributed by atoms with Gasteiger partial charge in [0, 0.05) is 20.2 Å². The maximum absolute atomic E-state index is 12.2. The van der Waals surface area contributed by atoms with Crippen molar-refractivity contribution in [3.63, 3.8) is 0 Å². The summed E-state index contributed by atoms with van der Waals surface area (Å²) in [5.74, 6) is -0.00653. The van der Waals surface area contributed by atoms with Gasteiger partial charge in [-0.3, -0.25) is 0 Å². The van der Waals surface area contributed by atoms with Crippen molar-refractivity contribution >= 4 is 6.09 Å². The molecule has 0 radical (unpaired) electrons. The lowest BCUT2D eigenvalue weighted by molar-refractivity contribution is -0.230. The summed E-state index contributed by atoms with van der Waals surface area (Å²) >= 11 is 0. The highest BCUT2D eigenvalue weighted by Crippen LogP contribution is 2.39. The summed E-state index contributed by atoms with van der Waals surface area (Å²) in [4.78, 5) is 13.9. The van der Waals surface area contributed by atoms with Crippen LogP contribution in [0.2, 0.25) is 0 Å². The lowest BCUT2D eigenvalue weighted by Gasteiger charge is -2.30. The average Bonchev–Trinajstić information content (AvgIpc) is 2.98. The Bertz CT molecular complexity index is 434. The standard InChI is InChI=1S/C16H27NO6/c1-10-5-7-17(8-6-10)15(18)20-9-11-12-13(14(19-4)21-11)23-16(2,3)22-12/h10-14H,5-9H2,1-4H3/t11-,12-,13-,14-/m1/s1. The molecule has 0 aromatic heterocycles. The van der Waals surface area contributed by atoms with Crippen molar-refractivity contribution in [2.24, 2.45) is 5.92 Å². The molecule has 1 amide bonds. The van der Waals surface area contributed by atoms with Crippen molar-refractivity contribution in [2.45, 2.75) is 64.0 Å². The van der Waals surface area contributed by atoms with Gasteiger partial charge in [0.15, 0.2) is 12.1 Å². The van der Waals surface area contributed by atoms with Crippen molar-refractivity contribution in [1.29, 1.82) is 0 Å². The van der Waals surface area contributed by atoms with E-state index in [1.165, 1.54) is 0 Å². The molecule has 0 spiro atoms. The van der Waals surface area contributed by atoms with Crippen molar-refractivity contribution in [1.82, 2.24) is 4.90 Å².